The Bertz CT molecular complexity index is 329. The Labute approximate surface area is 128 Å². The fourth-order valence-corrected chi connectivity index (χ4v) is 3.28. The van der Waals surface area contributed by atoms with Gasteiger partial charge in [0.1, 0.15) is 0 Å². The fourth-order valence-electron chi connectivity index (χ4n) is 3.28. The molecular formula is C16H29N3O2. The molecule has 0 radical (unpaired) electrons. The van der Waals surface area contributed by atoms with Crippen molar-refractivity contribution in [2.45, 2.75) is 25.7 Å². The standard InChI is InChI=1S/C16H29N3O2/c1-20-14-11-19-9-7-18(8-10-19)6-2-3-16(15-17)4-12-21-13-5-16/h2-14H2,1H3. The van der Waals surface area contributed by atoms with Gasteiger partial charge in [-0.05, 0) is 32.2 Å². The molecule has 0 amide bonds. The second-order valence-corrected chi connectivity index (χ2v) is 6.28. The minimum Gasteiger partial charge on any atom is -0.383 e. The van der Waals surface area contributed by atoms with Crippen LogP contribution >= 0.6 is 0 Å². The highest BCUT2D eigenvalue weighted by Crippen LogP contribution is 2.34. The first-order valence-electron chi connectivity index (χ1n) is 8.21. The lowest BCUT2D eigenvalue weighted by Gasteiger charge is -2.35. The molecule has 0 aromatic carbocycles. The number of piperazine rings is 1. The van der Waals surface area contributed by atoms with E-state index in [0.29, 0.717) is 0 Å². The largest absolute Gasteiger partial charge is 0.383 e. The van der Waals surface area contributed by atoms with E-state index in [1.54, 1.807) is 7.11 Å². The fraction of sp³-hybridized carbons (Fsp3) is 0.938. The van der Waals surface area contributed by atoms with E-state index in [2.05, 4.69) is 15.9 Å². The van der Waals surface area contributed by atoms with Crippen molar-refractivity contribution < 1.29 is 9.47 Å². The highest BCUT2D eigenvalue weighted by Gasteiger charge is 2.32. The van der Waals surface area contributed by atoms with Gasteiger partial charge in [0.15, 0.2) is 0 Å². The van der Waals surface area contributed by atoms with Gasteiger partial charge in [0.25, 0.3) is 0 Å². The highest BCUT2D eigenvalue weighted by molar-refractivity contribution is 5.00. The summed E-state index contributed by atoms with van der Waals surface area (Å²) >= 11 is 0. The predicted molar refractivity (Wildman–Crippen MR) is 82.1 cm³/mol. The summed E-state index contributed by atoms with van der Waals surface area (Å²) < 4.78 is 10.5. The van der Waals surface area contributed by atoms with Crippen molar-refractivity contribution in [1.29, 1.82) is 5.26 Å². The SMILES string of the molecule is COCCN1CCN(CCCC2(C#N)CCOCC2)CC1. The zero-order valence-corrected chi connectivity index (χ0v) is 13.4. The lowest BCUT2D eigenvalue weighted by Crippen LogP contribution is -2.47. The van der Waals surface area contributed by atoms with E-state index in [0.717, 1.165) is 84.8 Å². The van der Waals surface area contributed by atoms with Crippen molar-refractivity contribution in [3.05, 3.63) is 0 Å². The summed E-state index contributed by atoms with van der Waals surface area (Å²) in [5.41, 5.74) is -0.113. The Hall–Kier alpha value is -0.670. The molecule has 0 unspecified atom stereocenters. The number of nitriles is 1. The van der Waals surface area contributed by atoms with Gasteiger partial charge in [-0.3, -0.25) is 4.90 Å². The van der Waals surface area contributed by atoms with Gasteiger partial charge >= 0.3 is 0 Å². The van der Waals surface area contributed by atoms with E-state index < -0.39 is 0 Å². The van der Waals surface area contributed by atoms with Gasteiger partial charge in [-0.15, -0.1) is 0 Å². The Morgan fingerprint density at radius 3 is 2.29 bits per heavy atom. The molecule has 5 heteroatoms. The van der Waals surface area contributed by atoms with E-state index >= 15 is 0 Å². The minimum absolute atomic E-state index is 0.113. The Morgan fingerprint density at radius 2 is 1.71 bits per heavy atom. The molecule has 2 saturated heterocycles. The maximum absolute atomic E-state index is 9.46. The lowest BCUT2D eigenvalue weighted by molar-refractivity contribution is 0.0337. The molecule has 0 aromatic heterocycles. The molecule has 2 rings (SSSR count). The molecule has 0 aromatic rings. The Morgan fingerprint density at radius 1 is 1.10 bits per heavy atom. The van der Waals surface area contributed by atoms with E-state index in [9.17, 15) is 5.26 Å². The lowest BCUT2D eigenvalue weighted by atomic mass is 9.78. The molecule has 2 aliphatic heterocycles. The summed E-state index contributed by atoms with van der Waals surface area (Å²) in [5, 5.41) is 9.46. The molecular weight excluding hydrogens is 266 g/mol. The molecule has 2 fully saturated rings. The quantitative estimate of drug-likeness (QED) is 0.709. The molecule has 5 nitrogen and oxygen atoms in total. The van der Waals surface area contributed by atoms with Crippen LogP contribution in [-0.4, -0.2) is 76.0 Å². The number of nitrogens with zero attached hydrogens (tertiary/aromatic N) is 3. The molecule has 120 valence electrons. The van der Waals surface area contributed by atoms with Crippen molar-refractivity contribution >= 4 is 0 Å². The normalized spacial score (nSPS) is 23.8. The molecule has 21 heavy (non-hydrogen) atoms. The van der Waals surface area contributed by atoms with Gasteiger partial charge in [0.2, 0.25) is 0 Å². The van der Waals surface area contributed by atoms with Crippen LogP contribution in [0.3, 0.4) is 0 Å². The van der Waals surface area contributed by atoms with Crippen molar-refractivity contribution in [2.24, 2.45) is 5.41 Å². The average Bonchev–Trinajstić information content (AvgIpc) is 2.55. The van der Waals surface area contributed by atoms with Crippen LogP contribution in [0.25, 0.3) is 0 Å². The summed E-state index contributed by atoms with van der Waals surface area (Å²) in [5.74, 6) is 0. The van der Waals surface area contributed by atoms with Crippen LogP contribution in [0.15, 0.2) is 0 Å². The number of rotatable bonds is 7. The van der Waals surface area contributed by atoms with Crippen LogP contribution in [0.4, 0.5) is 0 Å². The highest BCUT2D eigenvalue weighted by atomic mass is 16.5. The molecule has 0 N–H and O–H groups in total. The van der Waals surface area contributed by atoms with Crippen LogP contribution in [0.1, 0.15) is 25.7 Å². The summed E-state index contributed by atoms with van der Waals surface area (Å²) in [4.78, 5) is 5.00. The van der Waals surface area contributed by atoms with Gasteiger partial charge < -0.3 is 14.4 Å². The molecule has 0 bridgehead atoms. The van der Waals surface area contributed by atoms with E-state index in [-0.39, 0.29) is 5.41 Å². The van der Waals surface area contributed by atoms with Crippen LogP contribution in [0, 0.1) is 16.7 Å². The Balaban J connectivity index is 1.62. The molecule has 0 atom stereocenters. The molecule has 2 heterocycles. The summed E-state index contributed by atoms with van der Waals surface area (Å²) in [6.45, 7) is 9.08. The maximum Gasteiger partial charge on any atom is 0.0691 e. The Kier molecular flexibility index (Phi) is 6.91. The number of methoxy groups -OCH3 is 1. The van der Waals surface area contributed by atoms with E-state index in [1.165, 1.54) is 0 Å². The van der Waals surface area contributed by atoms with Crippen LogP contribution in [0.5, 0.6) is 0 Å². The van der Waals surface area contributed by atoms with Gasteiger partial charge in [-0.1, -0.05) is 0 Å². The van der Waals surface area contributed by atoms with Crippen LogP contribution in [0.2, 0.25) is 0 Å². The third kappa shape index (κ3) is 5.23. The predicted octanol–water partition coefficient (Wildman–Crippen LogP) is 1.35. The smallest absolute Gasteiger partial charge is 0.0691 e. The van der Waals surface area contributed by atoms with Gasteiger partial charge in [-0.25, -0.2) is 0 Å². The molecule has 0 saturated carbocycles. The summed E-state index contributed by atoms with van der Waals surface area (Å²) in [6, 6.07) is 2.56. The van der Waals surface area contributed by atoms with Crippen molar-refractivity contribution in [2.75, 3.05) is 66.2 Å². The molecule has 2 aliphatic rings. The number of hydrogen-bond donors (Lipinski definition) is 0. The van der Waals surface area contributed by atoms with Crippen LogP contribution < -0.4 is 0 Å². The molecule has 0 aliphatic carbocycles. The van der Waals surface area contributed by atoms with E-state index in [4.69, 9.17) is 9.47 Å². The van der Waals surface area contributed by atoms with Gasteiger partial charge in [0.05, 0.1) is 18.1 Å². The topological polar surface area (TPSA) is 48.7 Å². The summed E-state index contributed by atoms with van der Waals surface area (Å²) in [7, 11) is 1.76. The van der Waals surface area contributed by atoms with Crippen molar-refractivity contribution in [3.63, 3.8) is 0 Å². The van der Waals surface area contributed by atoms with Crippen molar-refractivity contribution in [1.82, 2.24) is 9.80 Å². The average molecular weight is 295 g/mol. The molecule has 0 spiro atoms. The number of ether oxygens (including phenoxy) is 2. The van der Waals surface area contributed by atoms with Crippen LogP contribution in [-0.2, 0) is 9.47 Å². The summed E-state index contributed by atoms with van der Waals surface area (Å²) in [6.07, 6.45) is 3.98. The van der Waals surface area contributed by atoms with Gasteiger partial charge in [0, 0.05) is 53.0 Å². The van der Waals surface area contributed by atoms with Crippen molar-refractivity contribution in [3.8, 4) is 6.07 Å². The second-order valence-electron chi connectivity index (χ2n) is 6.28. The monoisotopic (exact) mass is 295 g/mol. The van der Waals surface area contributed by atoms with Gasteiger partial charge in [-0.2, -0.15) is 5.26 Å². The zero-order valence-electron chi connectivity index (χ0n) is 13.4. The minimum atomic E-state index is -0.113. The third-order valence-corrected chi connectivity index (χ3v) is 4.89. The first kappa shape index (κ1) is 16.7. The zero-order chi connectivity index (χ0) is 15.0. The number of hydrogen-bond acceptors (Lipinski definition) is 5. The maximum atomic E-state index is 9.46. The first-order chi connectivity index (χ1) is 10.3. The second kappa shape index (κ2) is 8.70. The van der Waals surface area contributed by atoms with E-state index in [1.807, 2.05) is 0 Å². The third-order valence-electron chi connectivity index (χ3n) is 4.89. The first-order valence-corrected chi connectivity index (χ1v) is 8.21.